The molecule has 0 aromatic carbocycles. The minimum atomic E-state index is 0.846. The first-order valence-electron chi connectivity index (χ1n) is 2.27. The van der Waals surface area contributed by atoms with Crippen LogP contribution in [0.5, 0.6) is 0 Å². The van der Waals surface area contributed by atoms with E-state index in [-0.39, 0.29) is 0 Å². The molecule has 0 unspecified atom stereocenters. The molecule has 0 aliphatic carbocycles. The molecule has 0 spiro atoms. The average Bonchev–Trinajstić information content (AvgIpc) is 1.94. The van der Waals surface area contributed by atoms with Crippen LogP contribution >= 0.6 is 0 Å². The Morgan fingerprint density at radius 3 is 3.38 bits per heavy atom. The second-order valence-corrected chi connectivity index (χ2v) is 1.41. The van der Waals surface area contributed by atoms with E-state index in [1.54, 1.807) is 12.3 Å². The standard InChI is InChI=1S/C6H6NO/c1-6-3-2-4-8-7-5-6/h2-5H,1H2. The maximum atomic E-state index is 4.56. The van der Waals surface area contributed by atoms with E-state index in [0.717, 1.165) is 5.57 Å². The summed E-state index contributed by atoms with van der Waals surface area (Å²) in [6.45, 7) is 3.64. The molecular weight excluding hydrogens is 102 g/mol. The average molecular weight is 108 g/mol. The van der Waals surface area contributed by atoms with Crippen LogP contribution in [0.1, 0.15) is 0 Å². The summed E-state index contributed by atoms with van der Waals surface area (Å²) in [7, 11) is 0. The van der Waals surface area contributed by atoms with Crippen molar-refractivity contribution in [2.45, 2.75) is 0 Å². The van der Waals surface area contributed by atoms with Gasteiger partial charge in [0.25, 0.3) is 0 Å². The maximum Gasteiger partial charge on any atom is 0.122 e. The highest BCUT2D eigenvalue weighted by Crippen LogP contribution is 1.93. The van der Waals surface area contributed by atoms with E-state index in [9.17, 15) is 0 Å². The van der Waals surface area contributed by atoms with E-state index in [1.165, 1.54) is 6.26 Å². The van der Waals surface area contributed by atoms with Gasteiger partial charge in [-0.15, -0.1) is 0 Å². The predicted octanol–water partition coefficient (Wildman–Crippen LogP) is 1.28. The third kappa shape index (κ3) is 1.22. The lowest BCUT2D eigenvalue weighted by molar-refractivity contribution is 0.271. The molecule has 0 fully saturated rings. The quantitative estimate of drug-likeness (QED) is 0.458. The lowest BCUT2D eigenvalue weighted by atomic mass is 10.3. The maximum absolute atomic E-state index is 4.56. The van der Waals surface area contributed by atoms with Gasteiger partial charge in [0, 0.05) is 0 Å². The normalized spacial score (nSPS) is 16.9. The number of nitrogens with zero attached hydrogens (tertiary/aromatic N) is 1. The van der Waals surface area contributed by atoms with Gasteiger partial charge in [0.1, 0.15) is 6.26 Å². The molecule has 8 heavy (non-hydrogen) atoms. The summed E-state index contributed by atoms with van der Waals surface area (Å²) in [5.74, 6) is 0. The van der Waals surface area contributed by atoms with Crippen LogP contribution < -0.4 is 0 Å². The SMILES string of the molecule is [CH2]C1=CC=CON=C1. The van der Waals surface area contributed by atoms with E-state index in [2.05, 4.69) is 16.9 Å². The molecule has 0 saturated heterocycles. The van der Waals surface area contributed by atoms with Gasteiger partial charge in [-0.05, 0) is 18.6 Å². The number of oxime groups is 1. The van der Waals surface area contributed by atoms with Crippen LogP contribution in [0, 0.1) is 6.92 Å². The topological polar surface area (TPSA) is 21.6 Å². The van der Waals surface area contributed by atoms with Crippen molar-refractivity contribution in [2.75, 3.05) is 0 Å². The Labute approximate surface area is 48.1 Å². The molecule has 0 amide bonds. The Morgan fingerprint density at radius 2 is 2.50 bits per heavy atom. The molecule has 2 heteroatoms. The summed E-state index contributed by atoms with van der Waals surface area (Å²) >= 11 is 0. The minimum absolute atomic E-state index is 0.846. The Kier molecular flexibility index (Phi) is 1.47. The first-order chi connectivity index (χ1) is 3.89. The summed E-state index contributed by atoms with van der Waals surface area (Å²) in [6.07, 6.45) is 6.61. The molecule has 1 radical (unpaired) electrons. The van der Waals surface area contributed by atoms with Gasteiger partial charge in [-0.1, -0.05) is 11.2 Å². The zero-order chi connectivity index (χ0) is 5.82. The lowest BCUT2D eigenvalue weighted by Crippen LogP contribution is -1.73. The van der Waals surface area contributed by atoms with E-state index >= 15 is 0 Å². The van der Waals surface area contributed by atoms with Crippen LogP contribution in [0.3, 0.4) is 0 Å². The van der Waals surface area contributed by atoms with Gasteiger partial charge in [0.2, 0.25) is 0 Å². The third-order valence-corrected chi connectivity index (χ3v) is 0.729. The highest BCUT2D eigenvalue weighted by molar-refractivity contribution is 5.79. The van der Waals surface area contributed by atoms with Crippen molar-refractivity contribution in [1.82, 2.24) is 0 Å². The van der Waals surface area contributed by atoms with Crippen LogP contribution in [-0.4, -0.2) is 6.21 Å². The number of hydrogen-bond donors (Lipinski definition) is 0. The van der Waals surface area contributed by atoms with Gasteiger partial charge in [0.15, 0.2) is 0 Å². The molecule has 1 rings (SSSR count). The van der Waals surface area contributed by atoms with Crippen molar-refractivity contribution < 1.29 is 4.84 Å². The number of hydrogen-bond acceptors (Lipinski definition) is 2. The van der Waals surface area contributed by atoms with Crippen molar-refractivity contribution in [3.05, 3.63) is 30.9 Å². The van der Waals surface area contributed by atoms with Crippen LogP contribution in [0.4, 0.5) is 0 Å². The molecule has 0 atom stereocenters. The van der Waals surface area contributed by atoms with Crippen LogP contribution in [0.25, 0.3) is 0 Å². The lowest BCUT2D eigenvalue weighted by Gasteiger charge is -1.80. The molecule has 0 saturated carbocycles. The Balaban J connectivity index is 2.73. The smallest absolute Gasteiger partial charge is 0.122 e. The molecule has 0 N–H and O–H groups in total. The molecule has 41 valence electrons. The van der Waals surface area contributed by atoms with E-state index in [1.807, 2.05) is 6.08 Å². The molecule has 2 nitrogen and oxygen atoms in total. The van der Waals surface area contributed by atoms with Gasteiger partial charge < -0.3 is 4.84 Å². The first-order valence-corrected chi connectivity index (χ1v) is 2.27. The second-order valence-electron chi connectivity index (χ2n) is 1.41. The molecule has 0 bridgehead atoms. The highest BCUT2D eigenvalue weighted by Gasteiger charge is 1.82. The monoisotopic (exact) mass is 108 g/mol. The largest absolute Gasteiger partial charge is 0.365 e. The zero-order valence-corrected chi connectivity index (χ0v) is 4.37. The van der Waals surface area contributed by atoms with Crippen LogP contribution in [-0.2, 0) is 4.84 Å². The van der Waals surface area contributed by atoms with Gasteiger partial charge >= 0.3 is 0 Å². The van der Waals surface area contributed by atoms with E-state index in [0.29, 0.717) is 0 Å². The fraction of sp³-hybridized carbons (Fsp3) is 0. The minimum Gasteiger partial charge on any atom is -0.365 e. The van der Waals surface area contributed by atoms with Crippen molar-refractivity contribution in [1.29, 1.82) is 0 Å². The first kappa shape index (κ1) is 5.09. The fourth-order valence-electron chi connectivity index (χ4n) is 0.374. The predicted molar refractivity (Wildman–Crippen MR) is 32.2 cm³/mol. The fourth-order valence-corrected chi connectivity index (χ4v) is 0.374. The second kappa shape index (κ2) is 2.31. The summed E-state index contributed by atoms with van der Waals surface area (Å²) in [5.41, 5.74) is 0.846. The van der Waals surface area contributed by atoms with Crippen molar-refractivity contribution in [3.8, 4) is 0 Å². The Hall–Kier alpha value is -1.05. The summed E-state index contributed by atoms with van der Waals surface area (Å²) in [6, 6.07) is 0. The van der Waals surface area contributed by atoms with E-state index < -0.39 is 0 Å². The molecule has 1 aliphatic heterocycles. The Bertz CT molecular complexity index is 156. The van der Waals surface area contributed by atoms with Gasteiger partial charge in [0.05, 0.1) is 6.21 Å². The highest BCUT2D eigenvalue weighted by atomic mass is 16.6. The number of allylic oxidation sites excluding steroid dienone is 3. The van der Waals surface area contributed by atoms with Crippen molar-refractivity contribution >= 4 is 6.21 Å². The molecule has 0 aromatic heterocycles. The number of rotatable bonds is 0. The molecule has 1 aliphatic rings. The van der Waals surface area contributed by atoms with Crippen molar-refractivity contribution in [2.24, 2.45) is 5.16 Å². The van der Waals surface area contributed by atoms with E-state index in [4.69, 9.17) is 0 Å². The summed E-state index contributed by atoms with van der Waals surface area (Å²) < 4.78 is 0. The van der Waals surface area contributed by atoms with Gasteiger partial charge in [-0.2, -0.15) is 0 Å². The molecule has 1 heterocycles. The molecule has 0 aromatic rings. The molecular formula is C6H6NO. The van der Waals surface area contributed by atoms with Crippen molar-refractivity contribution in [3.63, 3.8) is 0 Å². The Morgan fingerprint density at radius 1 is 1.62 bits per heavy atom. The zero-order valence-electron chi connectivity index (χ0n) is 4.37. The van der Waals surface area contributed by atoms with Crippen LogP contribution in [0.2, 0.25) is 0 Å². The third-order valence-electron chi connectivity index (χ3n) is 0.729. The summed E-state index contributed by atoms with van der Waals surface area (Å²) in [4.78, 5) is 4.56. The van der Waals surface area contributed by atoms with Crippen LogP contribution in [0.15, 0.2) is 29.1 Å². The van der Waals surface area contributed by atoms with Gasteiger partial charge in [-0.25, -0.2) is 0 Å². The summed E-state index contributed by atoms with van der Waals surface area (Å²) in [5, 5.41) is 3.51. The van der Waals surface area contributed by atoms with Gasteiger partial charge in [-0.3, -0.25) is 0 Å².